The van der Waals surface area contributed by atoms with Crippen LogP contribution in [0, 0.1) is 13.8 Å². The summed E-state index contributed by atoms with van der Waals surface area (Å²) in [6.07, 6.45) is 0.0948. The molecule has 2 rings (SSSR count). The predicted octanol–water partition coefficient (Wildman–Crippen LogP) is 2.41. The second kappa shape index (κ2) is 6.04. The highest BCUT2D eigenvalue weighted by Gasteiger charge is 2.34. The van der Waals surface area contributed by atoms with Gasteiger partial charge in [0.05, 0.1) is 18.8 Å². The minimum absolute atomic E-state index is 0.0948. The van der Waals surface area contributed by atoms with Crippen molar-refractivity contribution in [3.05, 3.63) is 34.9 Å². The Kier molecular flexibility index (Phi) is 4.61. The Bertz CT molecular complexity index is 411. The van der Waals surface area contributed by atoms with E-state index in [0.29, 0.717) is 12.6 Å². The van der Waals surface area contributed by atoms with Gasteiger partial charge in [0, 0.05) is 19.1 Å². The lowest BCUT2D eigenvalue weighted by Crippen LogP contribution is -2.50. The van der Waals surface area contributed by atoms with Crippen LogP contribution < -0.4 is 5.73 Å². The van der Waals surface area contributed by atoms with Gasteiger partial charge < -0.3 is 10.5 Å². The lowest BCUT2D eigenvalue weighted by atomic mass is 9.94. The van der Waals surface area contributed by atoms with Crippen molar-refractivity contribution in [1.82, 2.24) is 4.90 Å². The second-order valence-electron chi connectivity index (χ2n) is 5.84. The first-order chi connectivity index (χ1) is 9.02. The summed E-state index contributed by atoms with van der Waals surface area (Å²) in [5, 5.41) is 0. The molecule has 2 N–H and O–H groups in total. The normalized spacial score (nSPS) is 24.9. The third-order valence-electron chi connectivity index (χ3n) is 3.87. The molecule has 1 saturated heterocycles. The molecule has 1 fully saturated rings. The summed E-state index contributed by atoms with van der Waals surface area (Å²) in [6.45, 7) is 11.1. The fourth-order valence-electron chi connectivity index (χ4n) is 3.12. The number of nitrogens with two attached hydrogens (primary N) is 1. The molecule has 1 aromatic carbocycles. The van der Waals surface area contributed by atoms with Gasteiger partial charge in [-0.15, -0.1) is 0 Å². The van der Waals surface area contributed by atoms with Crippen LogP contribution >= 0.6 is 0 Å². The standard InChI is InChI=1S/C16H26N2O/c1-11(2)18-5-6-19-15(10-17)16(18)14-8-12(3)7-13(4)9-14/h7-9,11,15-16H,5-6,10,17H2,1-4H3. The van der Waals surface area contributed by atoms with Crippen molar-refractivity contribution in [2.24, 2.45) is 5.73 Å². The molecule has 2 unspecified atom stereocenters. The molecule has 1 aliphatic heterocycles. The van der Waals surface area contributed by atoms with Crippen LogP contribution in [0.2, 0.25) is 0 Å². The third kappa shape index (κ3) is 3.16. The molecule has 1 heterocycles. The average Bonchev–Trinajstić information content (AvgIpc) is 2.36. The molecule has 106 valence electrons. The van der Waals surface area contributed by atoms with E-state index in [2.05, 4.69) is 50.8 Å². The van der Waals surface area contributed by atoms with E-state index in [-0.39, 0.29) is 12.1 Å². The molecular formula is C16H26N2O. The molecule has 0 amide bonds. The van der Waals surface area contributed by atoms with Gasteiger partial charge in [0.1, 0.15) is 0 Å². The third-order valence-corrected chi connectivity index (χ3v) is 3.87. The van der Waals surface area contributed by atoms with Gasteiger partial charge in [0.15, 0.2) is 0 Å². The molecule has 19 heavy (non-hydrogen) atoms. The maximum absolute atomic E-state index is 5.92. The van der Waals surface area contributed by atoms with Crippen molar-refractivity contribution < 1.29 is 4.74 Å². The molecule has 0 bridgehead atoms. The van der Waals surface area contributed by atoms with Gasteiger partial charge in [-0.25, -0.2) is 0 Å². The highest BCUT2D eigenvalue weighted by molar-refractivity contribution is 5.31. The van der Waals surface area contributed by atoms with Crippen LogP contribution in [0.1, 0.15) is 36.6 Å². The summed E-state index contributed by atoms with van der Waals surface area (Å²) in [7, 11) is 0. The first-order valence-corrected chi connectivity index (χ1v) is 7.18. The van der Waals surface area contributed by atoms with E-state index in [1.165, 1.54) is 16.7 Å². The highest BCUT2D eigenvalue weighted by atomic mass is 16.5. The van der Waals surface area contributed by atoms with Crippen molar-refractivity contribution in [2.45, 2.75) is 45.9 Å². The van der Waals surface area contributed by atoms with E-state index in [0.717, 1.165) is 13.2 Å². The van der Waals surface area contributed by atoms with Gasteiger partial charge in [-0.3, -0.25) is 4.90 Å². The highest BCUT2D eigenvalue weighted by Crippen LogP contribution is 2.31. The zero-order valence-electron chi connectivity index (χ0n) is 12.5. The Morgan fingerprint density at radius 1 is 1.26 bits per heavy atom. The molecule has 0 radical (unpaired) electrons. The molecule has 0 saturated carbocycles. The molecule has 3 nitrogen and oxygen atoms in total. The van der Waals surface area contributed by atoms with E-state index in [1.807, 2.05) is 0 Å². The summed E-state index contributed by atoms with van der Waals surface area (Å²) in [5.74, 6) is 0. The predicted molar refractivity (Wildman–Crippen MR) is 79.3 cm³/mol. The fourth-order valence-corrected chi connectivity index (χ4v) is 3.12. The van der Waals surface area contributed by atoms with Crippen molar-refractivity contribution in [3.63, 3.8) is 0 Å². The second-order valence-corrected chi connectivity index (χ2v) is 5.84. The van der Waals surface area contributed by atoms with Crippen LogP contribution in [0.5, 0.6) is 0 Å². The topological polar surface area (TPSA) is 38.5 Å². The number of nitrogens with zero attached hydrogens (tertiary/aromatic N) is 1. The van der Waals surface area contributed by atoms with E-state index in [1.54, 1.807) is 0 Å². The maximum atomic E-state index is 5.92. The van der Waals surface area contributed by atoms with Crippen LogP contribution in [0.4, 0.5) is 0 Å². The molecular weight excluding hydrogens is 236 g/mol. The van der Waals surface area contributed by atoms with Gasteiger partial charge in [-0.1, -0.05) is 29.3 Å². The zero-order chi connectivity index (χ0) is 14.0. The number of morpholine rings is 1. The maximum Gasteiger partial charge on any atom is 0.0894 e. The van der Waals surface area contributed by atoms with Gasteiger partial charge in [-0.2, -0.15) is 0 Å². The average molecular weight is 262 g/mol. The van der Waals surface area contributed by atoms with Crippen LogP contribution in [-0.2, 0) is 4.74 Å². The first-order valence-electron chi connectivity index (χ1n) is 7.18. The number of benzene rings is 1. The number of hydrogen-bond donors (Lipinski definition) is 1. The number of hydrogen-bond acceptors (Lipinski definition) is 3. The fraction of sp³-hybridized carbons (Fsp3) is 0.625. The number of ether oxygens (including phenoxy) is 1. The summed E-state index contributed by atoms with van der Waals surface area (Å²) in [5.41, 5.74) is 9.86. The summed E-state index contributed by atoms with van der Waals surface area (Å²) in [6, 6.07) is 7.53. The Morgan fingerprint density at radius 2 is 1.89 bits per heavy atom. The first kappa shape index (κ1) is 14.5. The largest absolute Gasteiger partial charge is 0.374 e. The van der Waals surface area contributed by atoms with Gasteiger partial charge >= 0.3 is 0 Å². The van der Waals surface area contributed by atoms with Gasteiger partial charge in [0.25, 0.3) is 0 Å². The quantitative estimate of drug-likeness (QED) is 0.909. The van der Waals surface area contributed by atoms with Gasteiger partial charge in [0.2, 0.25) is 0 Å². The SMILES string of the molecule is Cc1cc(C)cc(C2C(CN)OCCN2C(C)C)c1. The van der Waals surface area contributed by atoms with E-state index < -0.39 is 0 Å². The van der Waals surface area contributed by atoms with Crippen molar-refractivity contribution in [2.75, 3.05) is 19.7 Å². The van der Waals surface area contributed by atoms with Gasteiger partial charge in [-0.05, 0) is 33.3 Å². The van der Waals surface area contributed by atoms with Crippen LogP contribution in [-0.4, -0.2) is 36.7 Å². The summed E-state index contributed by atoms with van der Waals surface area (Å²) >= 11 is 0. The smallest absolute Gasteiger partial charge is 0.0894 e. The molecule has 3 heteroatoms. The minimum Gasteiger partial charge on any atom is -0.374 e. The van der Waals surface area contributed by atoms with Crippen LogP contribution in [0.25, 0.3) is 0 Å². The molecule has 2 atom stereocenters. The molecule has 0 aromatic heterocycles. The Balaban J connectivity index is 2.39. The monoisotopic (exact) mass is 262 g/mol. The molecule has 1 aromatic rings. The lowest BCUT2D eigenvalue weighted by Gasteiger charge is -2.43. The van der Waals surface area contributed by atoms with Crippen molar-refractivity contribution in [3.8, 4) is 0 Å². The van der Waals surface area contributed by atoms with E-state index in [9.17, 15) is 0 Å². The Morgan fingerprint density at radius 3 is 2.42 bits per heavy atom. The molecule has 0 spiro atoms. The number of aryl methyl sites for hydroxylation is 2. The Labute approximate surface area is 116 Å². The van der Waals surface area contributed by atoms with Crippen molar-refractivity contribution in [1.29, 1.82) is 0 Å². The summed E-state index contributed by atoms with van der Waals surface area (Å²) in [4.78, 5) is 2.51. The van der Waals surface area contributed by atoms with E-state index >= 15 is 0 Å². The summed E-state index contributed by atoms with van der Waals surface area (Å²) < 4.78 is 5.89. The number of rotatable bonds is 3. The minimum atomic E-state index is 0.0948. The Hall–Kier alpha value is -0.900. The van der Waals surface area contributed by atoms with Crippen molar-refractivity contribution >= 4 is 0 Å². The molecule has 0 aliphatic carbocycles. The van der Waals surface area contributed by atoms with Crippen LogP contribution in [0.15, 0.2) is 18.2 Å². The molecule has 1 aliphatic rings. The zero-order valence-corrected chi connectivity index (χ0v) is 12.5. The lowest BCUT2D eigenvalue weighted by molar-refractivity contribution is -0.0789. The van der Waals surface area contributed by atoms with Crippen LogP contribution in [0.3, 0.4) is 0 Å². The van der Waals surface area contributed by atoms with E-state index in [4.69, 9.17) is 10.5 Å².